The maximum Gasteiger partial charge on any atom is 0.213 e. The molecular weight excluding hydrogens is 399 g/mol. The Morgan fingerprint density at radius 1 is 1.17 bits per heavy atom. The van der Waals surface area contributed by atoms with Crippen molar-refractivity contribution in [3.05, 3.63) is 64.1 Å². The monoisotopic (exact) mass is 406 g/mol. The average Bonchev–Trinajstić information content (AvgIpc) is 3.14. The molecule has 0 saturated heterocycles. The summed E-state index contributed by atoms with van der Waals surface area (Å²) in [5.74, 6) is 0.0132. The van der Waals surface area contributed by atoms with Crippen LogP contribution < -0.4 is 0 Å². The zero-order valence-electron chi connectivity index (χ0n) is 12.1. The van der Waals surface area contributed by atoms with Gasteiger partial charge < -0.3 is 4.57 Å². The number of aromatic nitrogens is 6. The summed E-state index contributed by atoms with van der Waals surface area (Å²) in [6, 6.07) is 8.07. The molecular formula is C15H9BrClFN6. The summed E-state index contributed by atoms with van der Waals surface area (Å²) in [6.07, 6.45) is 3.43. The third-order valence-electron chi connectivity index (χ3n) is 3.44. The highest BCUT2D eigenvalue weighted by Crippen LogP contribution is 2.22. The Kier molecular flexibility index (Phi) is 3.78. The van der Waals surface area contributed by atoms with Crippen LogP contribution in [0.5, 0.6) is 0 Å². The van der Waals surface area contributed by atoms with Gasteiger partial charge in [-0.15, -0.1) is 0 Å². The highest BCUT2D eigenvalue weighted by atomic mass is 79.9. The summed E-state index contributed by atoms with van der Waals surface area (Å²) in [4.78, 5) is 12.7. The van der Waals surface area contributed by atoms with Gasteiger partial charge in [0.05, 0.1) is 12.2 Å². The van der Waals surface area contributed by atoms with Crippen molar-refractivity contribution in [3.63, 3.8) is 0 Å². The molecule has 4 aromatic heterocycles. The van der Waals surface area contributed by atoms with Gasteiger partial charge >= 0.3 is 0 Å². The summed E-state index contributed by atoms with van der Waals surface area (Å²) in [6.45, 7) is 0.426. The summed E-state index contributed by atoms with van der Waals surface area (Å²) < 4.78 is 17.5. The summed E-state index contributed by atoms with van der Waals surface area (Å²) in [5.41, 5.74) is 1.88. The topological polar surface area (TPSA) is 60.9 Å². The number of fused-ring (bicyclic) bond motifs is 1. The first-order chi connectivity index (χ1) is 11.6. The van der Waals surface area contributed by atoms with Gasteiger partial charge in [-0.3, -0.25) is 0 Å². The largest absolute Gasteiger partial charge is 0.324 e. The molecule has 120 valence electrons. The summed E-state index contributed by atoms with van der Waals surface area (Å²) in [7, 11) is 0. The molecule has 0 atom stereocenters. The minimum atomic E-state index is -0.546. The van der Waals surface area contributed by atoms with E-state index in [0.717, 1.165) is 5.69 Å². The predicted octanol–water partition coefficient (Wildman–Crippen LogP) is 3.59. The first-order valence-electron chi connectivity index (χ1n) is 6.95. The Labute approximate surface area is 149 Å². The van der Waals surface area contributed by atoms with E-state index in [1.54, 1.807) is 41.2 Å². The summed E-state index contributed by atoms with van der Waals surface area (Å²) >= 11 is 9.42. The first kappa shape index (κ1) is 15.2. The van der Waals surface area contributed by atoms with E-state index in [4.69, 9.17) is 11.6 Å². The molecule has 4 heterocycles. The van der Waals surface area contributed by atoms with Crippen molar-refractivity contribution in [1.29, 1.82) is 0 Å². The van der Waals surface area contributed by atoms with E-state index >= 15 is 0 Å². The van der Waals surface area contributed by atoms with Crippen molar-refractivity contribution >= 4 is 33.2 Å². The lowest BCUT2D eigenvalue weighted by atomic mass is 10.3. The Balaban J connectivity index is 1.75. The molecule has 0 saturated carbocycles. The second-order valence-electron chi connectivity index (χ2n) is 5.00. The lowest BCUT2D eigenvalue weighted by Gasteiger charge is -2.06. The standard InChI is InChI=1S/C15H9BrClFN6/c16-14-10(21-13-5-4-11(17)22-24(13)14)8-23-7-6-19-15(23)9-2-1-3-12(18)20-9/h1-7H,8H2. The van der Waals surface area contributed by atoms with Crippen molar-refractivity contribution in [3.8, 4) is 11.5 Å². The lowest BCUT2D eigenvalue weighted by molar-refractivity contribution is 0.584. The van der Waals surface area contributed by atoms with Crippen LogP contribution in [-0.4, -0.2) is 29.1 Å². The Morgan fingerprint density at radius 2 is 2.04 bits per heavy atom. The van der Waals surface area contributed by atoms with E-state index < -0.39 is 5.95 Å². The quantitative estimate of drug-likeness (QED) is 0.487. The predicted molar refractivity (Wildman–Crippen MR) is 90.2 cm³/mol. The fourth-order valence-corrected chi connectivity index (χ4v) is 3.01. The van der Waals surface area contributed by atoms with E-state index in [0.29, 0.717) is 33.5 Å². The van der Waals surface area contributed by atoms with Gasteiger partial charge in [-0.2, -0.15) is 9.49 Å². The highest BCUT2D eigenvalue weighted by Gasteiger charge is 2.15. The molecule has 0 aliphatic carbocycles. The first-order valence-corrected chi connectivity index (χ1v) is 8.12. The van der Waals surface area contributed by atoms with E-state index in [9.17, 15) is 4.39 Å². The third-order valence-corrected chi connectivity index (χ3v) is 4.43. The molecule has 0 unspecified atom stereocenters. The van der Waals surface area contributed by atoms with Gasteiger partial charge in [0.2, 0.25) is 5.95 Å². The molecule has 0 aromatic carbocycles. The van der Waals surface area contributed by atoms with E-state index in [1.165, 1.54) is 6.07 Å². The van der Waals surface area contributed by atoms with Crippen LogP contribution in [0, 0.1) is 5.95 Å². The van der Waals surface area contributed by atoms with Crippen LogP contribution in [0.15, 0.2) is 47.3 Å². The highest BCUT2D eigenvalue weighted by molar-refractivity contribution is 9.10. The zero-order chi connectivity index (χ0) is 16.7. The second-order valence-corrected chi connectivity index (χ2v) is 6.14. The van der Waals surface area contributed by atoms with E-state index in [1.807, 2.05) is 4.57 Å². The molecule has 4 aromatic rings. The van der Waals surface area contributed by atoms with Crippen LogP contribution in [0.4, 0.5) is 4.39 Å². The molecule has 9 heteroatoms. The molecule has 0 radical (unpaired) electrons. The van der Waals surface area contributed by atoms with Crippen molar-refractivity contribution in [2.24, 2.45) is 0 Å². The molecule has 4 rings (SSSR count). The van der Waals surface area contributed by atoms with Gasteiger partial charge in [-0.05, 0) is 40.2 Å². The van der Waals surface area contributed by atoms with Crippen molar-refractivity contribution < 1.29 is 4.39 Å². The smallest absolute Gasteiger partial charge is 0.213 e. The maximum absolute atomic E-state index is 13.4. The number of hydrogen-bond acceptors (Lipinski definition) is 4. The molecule has 0 bridgehead atoms. The fraction of sp³-hybridized carbons (Fsp3) is 0.0667. The number of halogens is 3. The number of pyridine rings is 1. The summed E-state index contributed by atoms with van der Waals surface area (Å²) in [5, 5.41) is 4.58. The molecule has 6 nitrogen and oxygen atoms in total. The van der Waals surface area contributed by atoms with Gasteiger partial charge in [-0.1, -0.05) is 17.7 Å². The molecule has 0 aliphatic heterocycles. The molecule has 0 N–H and O–H groups in total. The second kappa shape index (κ2) is 5.95. The zero-order valence-corrected chi connectivity index (χ0v) is 14.4. The van der Waals surface area contributed by atoms with Crippen LogP contribution in [0.3, 0.4) is 0 Å². The number of imidazole rings is 2. The van der Waals surface area contributed by atoms with Crippen molar-refractivity contribution in [2.45, 2.75) is 6.54 Å². The van der Waals surface area contributed by atoms with Gasteiger partial charge in [0.25, 0.3) is 0 Å². The minimum absolute atomic E-state index is 0.374. The normalized spacial score (nSPS) is 11.3. The van der Waals surface area contributed by atoms with E-state index in [2.05, 4.69) is 36.0 Å². The van der Waals surface area contributed by atoms with Crippen molar-refractivity contribution in [1.82, 2.24) is 29.1 Å². The van der Waals surface area contributed by atoms with Gasteiger partial charge in [0, 0.05) is 12.4 Å². The van der Waals surface area contributed by atoms with Gasteiger partial charge in [0.1, 0.15) is 15.5 Å². The van der Waals surface area contributed by atoms with Crippen LogP contribution in [-0.2, 0) is 6.54 Å². The van der Waals surface area contributed by atoms with Gasteiger partial charge in [-0.25, -0.2) is 19.5 Å². The number of hydrogen-bond donors (Lipinski definition) is 0. The van der Waals surface area contributed by atoms with Crippen LogP contribution in [0.2, 0.25) is 5.15 Å². The minimum Gasteiger partial charge on any atom is -0.324 e. The molecule has 0 spiro atoms. The number of nitrogens with zero attached hydrogens (tertiary/aromatic N) is 6. The SMILES string of the molecule is Fc1cccc(-c2nccn2Cc2nc3ccc(Cl)nn3c2Br)n1. The van der Waals surface area contributed by atoms with E-state index in [-0.39, 0.29) is 0 Å². The molecule has 0 aliphatic rings. The number of rotatable bonds is 3. The van der Waals surface area contributed by atoms with Crippen molar-refractivity contribution in [2.75, 3.05) is 0 Å². The molecule has 0 fully saturated rings. The van der Waals surface area contributed by atoms with Crippen LogP contribution in [0.25, 0.3) is 17.2 Å². The Hall–Kier alpha value is -2.32. The third kappa shape index (κ3) is 2.67. The van der Waals surface area contributed by atoms with Gasteiger partial charge in [0.15, 0.2) is 11.5 Å². The van der Waals surface area contributed by atoms with Crippen LogP contribution in [0.1, 0.15) is 5.69 Å². The Morgan fingerprint density at radius 3 is 2.88 bits per heavy atom. The van der Waals surface area contributed by atoms with Crippen LogP contribution >= 0.6 is 27.5 Å². The lowest BCUT2D eigenvalue weighted by Crippen LogP contribution is -2.03. The molecule has 24 heavy (non-hydrogen) atoms. The average molecular weight is 408 g/mol. The molecule has 0 amide bonds. The maximum atomic E-state index is 13.4. The fourth-order valence-electron chi connectivity index (χ4n) is 2.39. The Bertz CT molecular complexity index is 1040.